The maximum atomic E-state index is 12.4. The molecule has 1 aromatic rings. The van der Waals surface area contributed by atoms with Gasteiger partial charge in [-0.1, -0.05) is 39.3 Å². The van der Waals surface area contributed by atoms with Gasteiger partial charge in [0, 0.05) is 18.1 Å². The topological polar surface area (TPSA) is 35.5 Å². The van der Waals surface area contributed by atoms with Gasteiger partial charge in [0.15, 0.2) is 17.3 Å². The van der Waals surface area contributed by atoms with E-state index in [1.165, 1.54) is 0 Å². The van der Waals surface area contributed by atoms with E-state index in [1.807, 2.05) is 0 Å². The number of ketones is 1. The van der Waals surface area contributed by atoms with Gasteiger partial charge in [0.1, 0.15) is 0 Å². The minimum absolute atomic E-state index is 0.0395. The standard InChI is InChI=1S/C17H25ClO3/c1-11(10-17(2,3)4)7-14(19)12-8-15(20-5)16(21-6)9-13(12)18/h8-9,11H,7,10H2,1-6H3. The Morgan fingerprint density at radius 1 is 1.19 bits per heavy atom. The highest BCUT2D eigenvalue weighted by molar-refractivity contribution is 6.34. The van der Waals surface area contributed by atoms with Crippen LogP contribution in [0.4, 0.5) is 0 Å². The third-order valence-corrected chi connectivity index (χ3v) is 3.58. The fourth-order valence-corrected chi connectivity index (χ4v) is 2.87. The Hall–Kier alpha value is -1.22. The minimum atomic E-state index is 0.0395. The van der Waals surface area contributed by atoms with Gasteiger partial charge < -0.3 is 9.47 Å². The lowest BCUT2D eigenvalue weighted by molar-refractivity contribution is 0.0954. The molecule has 0 aliphatic heterocycles. The average molecular weight is 313 g/mol. The number of ether oxygens (including phenoxy) is 2. The van der Waals surface area contributed by atoms with Crippen LogP contribution >= 0.6 is 11.6 Å². The van der Waals surface area contributed by atoms with Crippen molar-refractivity contribution in [3.05, 3.63) is 22.7 Å². The van der Waals surface area contributed by atoms with Gasteiger partial charge in [0.25, 0.3) is 0 Å². The molecule has 0 spiro atoms. The predicted octanol–water partition coefficient (Wildman–Crippen LogP) is 5.00. The maximum absolute atomic E-state index is 12.4. The normalized spacial score (nSPS) is 12.9. The number of rotatable bonds is 6. The van der Waals surface area contributed by atoms with Crippen molar-refractivity contribution in [1.82, 2.24) is 0 Å². The highest BCUT2D eigenvalue weighted by Gasteiger charge is 2.21. The zero-order valence-corrected chi connectivity index (χ0v) is 14.5. The summed E-state index contributed by atoms with van der Waals surface area (Å²) in [7, 11) is 3.09. The van der Waals surface area contributed by atoms with Crippen molar-refractivity contribution in [2.45, 2.75) is 40.5 Å². The van der Waals surface area contributed by atoms with Crippen LogP contribution in [0.2, 0.25) is 5.02 Å². The molecule has 0 bridgehead atoms. The van der Waals surface area contributed by atoms with Crippen LogP contribution in [0.15, 0.2) is 12.1 Å². The first-order valence-electron chi connectivity index (χ1n) is 7.12. The van der Waals surface area contributed by atoms with Crippen LogP contribution in [0.25, 0.3) is 0 Å². The number of Topliss-reactive ketones (excluding diaryl/α,β-unsaturated/α-hetero) is 1. The number of hydrogen-bond donors (Lipinski definition) is 0. The SMILES string of the molecule is COc1cc(Cl)c(C(=O)CC(C)CC(C)(C)C)cc1OC. The molecule has 21 heavy (non-hydrogen) atoms. The summed E-state index contributed by atoms with van der Waals surface area (Å²) in [5, 5.41) is 0.403. The number of methoxy groups -OCH3 is 2. The van der Waals surface area contributed by atoms with Crippen LogP contribution in [0.3, 0.4) is 0 Å². The number of hydrogen-bond acceptors (Lipinski definition) is 3. The summed E-state index contributed by atoms with van der Waals surface area (Å²) in [6, 6.07) is 3.29. The van der Waals surface area contributed by atoms with E-state index in [1.54, 1.807) is 26.4 Å². The summed E-state index contributed by atoms with van der Waals surface area (Å²) < 4.78 is 10.4. The first kappa shape index (κ1) is 17.8. The van der Waals surface area contributed by atoms with Gasteiger partial charge in [-0.15, -0.1) is 0 Å². The van der Waals surface area contributed by atoms with E-state index in [0.29, 0.717) is 34.4 Å². The fraction of sp³-hybridized carbons (Fsp3) is 0.588. The molecule has 1 aromatic carbocycles. The van der Waals surface area contributed by atoms with Crippen LogP contribution < -0.4 is 9.47 Å². The number of carbonyl (C=O) groups is 1. The molecule has 0 fully saturated rings. The molecule has 0 saturated carbocycles. The molecule has 0 radical (unpaired) electrons. The van der Waals surface area contributed by atoms with Gasteiger partial charge >= 0.3 is 0 Å². The van der Waals surface area contributed by atoms with E-state index in [2.05, 4.69) is 27.7 Å². The van der Waals surface area contributed by atoms with Gasteiger partial charge in [-0.25, -0.2) is 0 Å². The number of carbonyl (C=O) groups excluding carboxylic acids is 1. The second-order valence-electron chi connectivity index (χ2n) is 6.68. The summed E-state index contributed by atoms with van der Waals surface area (Å²) in [6.07, 6.45) is 1.47. The van der Waals surface area contributed by atoms with E-state index in [4.69, 9.17) is 21.1 Å². The molecule has 0 aliphatic carbocycles. The summed E-state index contributed by atoms with van der Waals surface area (Å²) >= 11 is 6.19. The Morgan fingerprint density at radius 3 is 2.19 bits per heavy atom. The molecule has 0 aromatic heterocycles. The molecule has 4 heteroatoms. The van der Waals surface area contributed by atoms with Crippen molar-refractivity contribution in [1.29, 1.82) is 0 Å². The highest BCUT2D eigenvalue weighted by Crippen LogP contribution is 2.34. The molecule has 0 heterocycles. The van der Waals surface area contributed by atoms with Crippen molar-refractivity contribution in [3.63, 3.8) is 0 Å². The molecule has 118 valence electrons. The quantitative estimate of drug-likeness (QED) is 0.693. The average Bonchev–Trinajstić information content (AvgIpc) is 2.35. The third-order valence-electron chi connectivity index (χ3n) is 3.27. The van der Waals surface area contributed by atoms with E-state index >= 15 is 0 Å². The smallest absolute Gasteiger partial charge is 0.164 e. The second kappa shape index (κ2) is 7.17. The van der Waals surface area contributed by atoms with Gasteiger partial charge in [-0.3, -0.25) is 4.79 Å². The molecule has 1 unspecified atom stereocenters. The Balaban J connectivity index is 2.92. The monoisotopic (exact) mass is 312 g/mol. The summed E-state index contributed by atoms with van der Waals surface area (Å²) in [4.78, 5) is 12.4. The van der Waals surface area contributed by atoms with E-state index < -0.39 is 0 Å². The van der Waals surface area contributed by atoms with Gasteiger partial charge in [0.05, 0.1) is 19.2 Å². The Bertz CT molecular complexity index is 503. The van der Waals surface area contributed by atoms with Crippen LogP contribution in [0.5, 0.6) is 11.5 Å². The highest BCUT2D eigenvalue weighted by atomic mass is 35.5. The van der Waals surface area contributed by atoms with Crippen molar-refractivity contribution in [3.8, 4) is 11.5 Å². The Labute approximate surface area is 132 Å². The number of benzene rings is 1. The molecular weight excluding hydrogens is 288 g/mol. The first-order chi connectivity index (χ1) is 9.67. The lowest BCUT2D eigenvalue weighted by Gasteiger charge is -2.23. The lowest BCUT2D eigenvalue weighted by atomic mass is 9.83. The molecular formula is C17H25ClO3. The van der Waals surface area contributed by atoms with Gasteiger partial charge in [0.2, 0.25) is 0 Å². The van der Waals surface area contributed by atoms with Crippen LogP contribution in [-0.2, 0) is 0 Å². The molecule has 0 aliphatic rings. The summed E-state index contributed by atoms with van der Waals surface area (Å²) in [6.45, 7) is 8.63. The van der Waals surface area contributed by atoms with Gasteiger partial charge in [-0.2, -0.15) is 0 Å². The predicted molar refractivity (Wildman–Crippen MR) is 86.7 cm³/mol. The van der Waals surface area contributed by atoms with Crippen molar-refractivity contribution in [2.75, 3.05) is 14.2 Å². The molecule has 3 nitrogen and oxygen atoms in total. The first-order valence-corrected chi connectivity index (χ1v) is 7.50. The Kier molecular flexibility index (Phi) is 6.09. The Morgan fingerprint density at radius 2 is 1.71 bits per heavy atom. The van der Waals surface area contributed by atoms with E-state index in [9.17, 15) is 4.79 Å². The minimum Gasteiger partial charge on any atom is -0.493 e. The molecule has 1 rings (SSSR count). The zero-order chi connectivity index (χ0) is 16.2. The summed E-state index contributed by atoms with van der Waals surface area (Å²) in [5.74, 6) is 1.40. The van der Waals surface area contributed by atoms with Crippen LogP contribution in [0, 0.1) is 11.3 Å². The van der Waals surface area contributed by atoms with Gasteiger partial charge in [-0.05, 0) is 23.8 Å². The fourth-order valence-electron chi connectivity index (χ4n) is 2.61. The molecule has 1 atom stereocenters. The largest absolute Gasteiger partial charge is 0.493 e. The molecule has 0 saturated heterocycles. The van der Waals surface area contributed by atoms with Crippen molar-refractivity contribution >= 4 is 17.4 Å². The lowest BCUT2D eigenvalue weighted by Crippen LogP contribution is -2.14. The summed E-state index contributed by atoms with van der Waals surface area (Å²) in [5.41, 5.74) is 0.705. The molecule has 0 amide bonds. The maximum Gasteiger partial charge on any atom is 0.164 e. The van der Waals surface area contributed by atoms with Crippen LogP contribution in [0.1, 0.15) is 50.9 Å². The zero-order valence-electron chi connectivity index (χ0n) is 13.7. The number of halogens is 1. The second-order valence-corrected chi connectivity index (χ2v) is 7.09. The van der Waals surface area contributed by atoms with Crippen LogP contribution in [-0.4, -0.2) is 20.0 Å². The molecule has 0 N–H and O–H groups in total. The van der Waals surface area contributed by atoms with Crippen molar-refractivity contribution in [2.24, 2.45) is 11.3 Å². The van der Waals surface area contributed by atoms with E-state index in [0.717, 1.165) is 6.42 Å². The van der Waals surface area contributed by atoms with Crippen molar-refractivity contribution < 1.29 is 14.3 Å². The third kappa shape index (κ3) is 5.24. The van der Waals surface area contributed by atoms with E-state index in [-0.39, 0.29) is 11.2 Å².